The van der Waals surface area contributed by atoms with E-state index in [1.165, 1.54) is 11.1 Å². The molecular formula is C27H36N4O3. The van der Waals surface area contributed by atoms with Crippen molar-refractivity contribution in [3.63, 3.8) is 0 Å². The molecule has 7 nitrogen and oxygen atoms in total. The topological polar surface area (TPSA) is 124 Å². The Morgan fingerprint density at radius 1 is 1.12 bits per heavy atom. The van der Waals surface area contributed by atoms with Crippen molar-refractivity contribution >= 4 is 5.82 Å². The fourth-order valence-corrected chi connectivity index (χ4v) is 3.71. The molecule has 0 aliphatic carbocycles. The van der Waals surface area contributed by atoms with Crippen LogP contribution in [-0.4, -0.2) is 35.3 Å². The average molecular weight is 465 g/mol. The molecule has 0 bridgehead atoms. The number of aromatic nitrogens is 1. The van der Waals surface area contributed by atoms with Gasteiger partial charge in [0.15, 0.2) is 0 Å². The molecule has 0 saturated heterocycles. The molecule has 0 amide bonds. The van der Waals surface area contributed by atoms with Crippen LogP contribution in [-0.2, 0) is 19.4 Å². The van der Waals surface area contributed by atoms with E-state index in [0.717, 1.165) is 35.4 Å². The van der Waals surface area contributed by atoms with Gasteiger partial charge in [0, 0.05) is 48.6 Å². The molecule has 0 aliphatic rings. The fraction of sp³-hybridized carbons (Fsp3) is 0.296. The van der Waals surface area contributed by atoms with Crippen LogP contribution in [0.15, 0.2) is 79.1 Å². The number of ether oxygens (including phenoxy) is 1. The van der Waals surface area contributed by atoms with E-state index in [0.29, 0.717) is 18.9 Å². The number of aliphatic hydroxyl groups is 1. The second-order valence-electron chi connectivity index (χ2n) is 8.31. The predicted octanol–water partition coefficient (Wildman–Crippen LogP) is 2.95. The molecule has 34 heavy (non-hydrogen) atoms. The first kappa shape index (κ1) is 26.9. The van der Waals surface area contributed by atoms with Crippen molar-refractivity contribution in [1.29, 1.82) is 0 Å². The highest BCUT2D eigenvalue weighted by molar-refractivity contribution is 5.34. The molecule has 0 unspecified atom stereocenters. The zero-order valence-corrected chi connectivity index (χ0v) is 19.9. The highest BCUT2D eigenvalue weighted by atomic mass is 16.5. The summed E-state index contributed by atoms with van der Waals surface area (Å²) < 4.78 is 5.41. The Labute approximate surface area is 202 Å². The Kier molecular flexibility index (Phi) is 10.5. The molecule has 0 fully saturated rings. The first-order chi connectivity index (χ1) is 15.9. The smallest absolute Gasteiger partial charge is 0.123 e. The maximum Gasteiger partial charge on any atom is 0.123 e. The Bertz CT molecular complexity index is 1040. The van der Waals surface area contributed by atoms with Crippen molar-refractivity contribution in [3.05, 3.63) is 101 Å². The van der Waals surface area contributed by atoms with Crippen molar-refractivity contribution in [1.82, 2.24) is 15.6 Å². The van der Waals surface area contributed by atoms with E-state index in [-0.39, 0.29) is 11.5 Å². The van der Waals surface area contributed by atoms with E-state index in [1.807, 2.05) is 18.2 Å². The minimum atomic E-state index is -0.621. The zero-order valence-electron chi connectivity index (χ0n) is 19.9. The second kappa shape index (κ2) is 13.3. The number of anilines is 1. The number of nitrogens with two attached hydrogens (primary N) is 1. The van der Waals surface area contributed by atoms with Gasteiger partial charge in [-0.1, -0.05) is 55.1 Å². The van der Waals surface area contributed by atoms with Crippen LogP contribution in [0.3, 0.4) is 0 Å². The minimum absolute atomic E-state index is 0. The zero-order chi connectivity index (χ0) is 23.6. The largest absolute Gasteiger partial charge is 0.496 e. The molecule has 0 saturated carbocycles. The van der Waals surface area contributed by atoms with Gasteiger partial charge in [-0.05, 0) is 36.6 Å². The molecule has 1 aromatic heterocycles. The van der Waals surface area contributed by atoms with Gasteiger partial charge in [0.25, 0.3) is 0 Å². The number of rotatable bonds is 12. The number of benzene rings is 2. The molecule has 182 valence electrons. The van der Waals surface area contributed by atoms with Gasteiger partial charge in [-0.2, -0.15) is 0 Å². The Hall–Kier alpha value is -3.39. The van der Waals surface area contributed by atoms with Crippen LogP contribution in [0, 0.1) is 0 Å². The summed E-state index contributed by atoms with van der Waals surface area (Å²) in [6.45, 7) is 7.44. The predicted molar refractivity (Wildman–Crippen MR) is 138 cm³/mol. The molecule has 0 spiro atoms. The van der Waals surface area contributed by atoms with E-state index >= 15 is 0 Å². The molecule has 2 aromatic carbocycles. The molecule has 1 heterocycles. The normalized spacial score (nSPS) is 12.3. The first-order valence-corrected chi connectivity index (χ1v) is 11.2. The molecule has 3 rings (SSSR count). The summed E-state index contributed by atoms with van der Waals surface area (Å²) in [4.78, 5) is 4.04. The van der Waals surface area contributed by atoms with Gasteiger partial charge < -0.3 is 31.7 Å². The van der Waals surface area contributed by atoms with Crippen LogP contribution in [0.4, 0.5) is 5.82 Å². The van der Waals surface area contributed by atoms with E-state index in [4.69, 9.17) is 10.5 Å². The third kappa shape index (κ3) is 8.19. The standard InChI is InChI=1S/C27H34N4O2.H2O/c1-19(29-17-24-9-4-5-10-26(24)33-3)13-21-7-6-8-22(15-21)14-20(2)30-18-25(32)23-11-12-27(28)31-16-23;/h4-12,15-16,20,25,29-30,32H,1,13-14,17-18H2,2-3H3,(H2,28,31);1H2/t20-,25+;/m1./s1. The highest BCUT2D eigenvalue weighted by Gasteiger charge is 2.11. The van der Waals surface area contributed by atoms with Crippen molar-refractivity contribution in [3.8, 4) is 5.75 Å². The summed E-state index contributed by atoms with van der Waals surface area (Å²) in [7, 11) is 1.69. The van der Waals surface area contributed by atoms with Gasteiger partial charge in [-0.15, -0.1) is 0 Å². The molecule has 7 heteroatoms. The monoisotopic (exact) mass is 464 g/mol. The Morgan fingerprint density at radius 2 is 1.88 bits per heavy atom. The van der Waals surface area contributed by atoms with E-state index in [1.54, 1.807) is 25.4 Å². The first-order valence-electron chi connectivity index (χ1n) is 11.2. The van der Waals surface area contributed by atoms with Gasteiger partial charge in [0.1, 0.15) is 11.6 Å². The number of pyridine rings is 1. The Balaban J connectivity index is 0.00000408. The summed E-state index contributed by atoms with van der Waals surface area (Å²) in [5.41, 5.74) is 10.9. The minimum Gasteiger partial charge on any atom is -0.496 e. The summed E-state index contributed by atoms with van der Waals surface area (Å²) in [6, 6.07) is 20.3. The number of hydrogen-bond donors (Lipinski definition) is 4. The number of nitrogen functional groups attached to an aromatic ring is 1. The number of methoxy groups -OCH3 is 1. The number of allylic oxidation sites excluding steroid dienone is 1. The molecule has 0 aliphatic heterocycles. The third-order valence-electron chi connectivity index (χ3n) is 5.53. The maximum absolute atomic E-state index is 10.4. The van der Waals surface area contributed by atoms with Gasteiger partial charge in [-0.3, -0.25) is 0 Å². The molecule has 2 atom stereocenters. The fourth-order valence-electron chi connectivity index (χ4n) is 3.71. The molecule has 0 radical (unpaired) electrons. The van der Waals surface area contributed by atoms with Crippen LogP contribution in [0.2, 0.25) is 0 Å². The van der Waals surface area contributed by atoms with Gasteiger partial charge in [0.05, 0.1) is 13.2 Å². The summed E-state index contributed by atoms with van der Waals surface area (Å²) >= 11 is 0. The lowest BCUT2D eigenvalue weighted by Gasteiger charge is -2.18. The SMILES string of the molecule is C=C(Cc1cccc(C[C@@H](C)NC[C@H](O)c2ccc(N)nc2)c1)NCc1ccccc1OC.O. The lowest BCUT2D eigenvalue weighted by atomic mass is 10.0. The van der Waals surface area contributed by atoms with E-state index in [2.05, 4.69) is 59.5 Å². The average Bonchev–Trinajstić information content (AvgIpc) is 2.82. The van der Waals surface area contributed by atoms with Crippen LogP contribution in [0.25, 0.3) is 0 Å². The van der Waals surface area contributed by atoms with Gasteiger partial charge >= 0.3 is 0 Å². The van der Waals surface area contributed by atoms with Crippen LogP contribution in [0.5, 0.6) is 5.75 Å². The van der Waals surface area contributed by atoms with Crippen LogP contribution < -0.4 is 21.1 Å². The van der Waals surface area contributed by atoms with E-state index < -0.39 is 6.10 Å². The summed E-state index contributed by atoms with van der Waals surface area (Å²) in [5.74, 6) is 1.32. The van der Waals surface area contributed by atoms with Gasteiger partial charge in [0.2, 0.25) is 0 Å². The number of nitrogens with one attached hydrogen (secondary N) is 2. The number of para-hydroxylation sites is 1. The maximum atomic E-state index is 10.4. The molecule has 7 N–H and O–H groups in total. The number of hydrogen-bond acceptors (Lipinski definition) is 6. The Morgan fingerprint density at radius 3 is 2.62 bits per heavy atom. The van der Waals surface area contributed by atoms with Crippen molar-refractivity contribution in [2.24, 2.45) is 0 Å². The second-order valence-corrected chi connectivity index (χ2v) is 8.31. The highest BCUT2D eigenvalue weighted by Crippen LogP contribution is 2.18. The number of nitrogens with zero attached hydrogens (tertiary/aromatic N) is 1. The van der Waals surface area contributed by atoms with Crippen LogP contribution >= 0.6 is 0 Å². The van der Waals surface area contributed by atoms with Crippen LogP contribution in [0.1, 0.15) is 35.3 Å². The van der Waals surface area contributed by atoms with Crippen molar-refractivity contribution in [2.45, 2.75) is 38.5 Å². The lowest BCUT2D eigenvalue weighted by Crippen LogP contribution is -2.32. The number of aliphatic hydroxyl groups excluding tert-OH is 1. The molecule has 3 aromatic rings. The van der Waals surface area contributed by atoms with Gasteiger partial charge in [-0.25, -0.2) is 4.98 Å². The lowest BCUT2D eigenvalue weighted by molar-refractivity contribution is 0.170. The molecular weight excluding hydrogens is 428 g/mol. The van der Waals surface area contributed by atoms with E-state index in [9.17, 15) is 5.11 Å². The van der Waals surface area contributed by atoms with Crippen molar-refractivity contribution < 1.29 is 15.3 Å². The third-order valence-corrected chi connectivity index (χ3v) is 5.53. The summed E-state index contributed by atoms with van der Waals surface area (Å²) in [6.07, 6.45) is 2.62. The summed E-state index contributed by atoms with van der Waals surface area (Å²) in [5, 5.41) is 17.2. The van der Waals surface area contributed by atoms with Crippen molar-refractivity contribution in [2.75, 3.05) is 19.4 Å². The quantitative estimate of drug-likeness (QED) is 0.327.